The molecule has 0 radical (unpaired) electrons. The first-order valence-electron chi connectivity index (χ1n) is 6.91. The van der Waals surface area contributed by atoms with Gasteiger partial charge >= 0.3 is 0 Å². The van der Waals surface area contributed by atoms with Crippen molar-refractivity contribution in [3.63, 3.8) is 0 Å². The lowest BCUT2D eigenvalue weighted by molar-refractivity contribution is 0.599. The molecule has 0 unspecified atom stereocenters. The van der Waals surface area contributed by atoms with Gasteiger partial charge in [-0.2, -0.15) is 0 Å². The molecule has 3 N–H and O–H groups in total. The zero-order valence-corrected chi connectivity index (χ0v) is 15.1. The Hall–Kier alpha value is -1.44. The highest BCUT2D eigenvalue weighted by atomic mass is 32.2. The van der Waals surface area contributed by atoms with Crippen molar-refractivity contribution in [2.24, 2.45) is 5.14 Å². The van der Waals surface area contributed by atoms with Gasteiger partial charge in [0.15, 0.2) is 9.34 Å². The average molecular weight is 339 g/mol. The topological polar surface area (TPSA) is 85.1 Å². The summed E-state index contributed by atoms with van der Waals surface area (Å²) in [6.07, 6.45) is 1.29. The van der Waals surface area contributed by atoms with Gasteiger partial charge in [-0.3, -0.25) is 0 Å². The van der Waals surface area contributed by atoms with E-state index in [1.807, 2.05) is 0 Å². The van der Waals surface area contributed by atoms with E-state index >= 15 is 0 Å². The van der Waals surface area contributed by atoms with Crippen LogP contribution in [0.15, 0.2) is 10.4 Å². The van der Waals surface area contributed by atoms with Crippen LogP contribution in [-0.4, -0.2) is 13.4 Å². The van der Waals surface area contributed by atoms with Gasteiger partial charge in [0, 0.05) is 6.54 Å². The van der Waals surface area contributed by atoms with Gasteiger partial charge in [0.1, 0.15) is 0 Å². The molecule has 1 aromatic heterocycles. The highest BCUT2D eigenvalue weighted by Gasteiger charge is 2.15. The Balaban J connectivity index is 2.28. The summed E-state index contributed by atoms with van der Waals surface area (Å²) in [6.45, 7) is 11.2. The van der Waals surface area contributed by atoms with E-state index in [4.69, 9.17) is 5.14 Å². The molecule has 0 amide bonds. The van der Waals surface area contributed by atoms with Crippen molar-refractivity contribution in [3.05, 3.63) is 39.6 Å². The molecule has 0 spiro atoms. The monoisotopic (exact) mass is 339 g/mol. The van der Waals surface area contributed by atoms with E-state index in [1.165, 1.54) is 39.6 Å². The van der Waals surface area contributed by atoms with E-state index in [9.17, 15) is 8.42 Å². The van der Waals surface area contributed by atoms with E-state index in [0.29, 0.717) is 11.7 Å². The molecule has 2 rings (SSSR count). The molecule has 0 aliphatic carbocycles. The standard InChI is InChI=1S/C15H21N3O2S2/c1-8-9(2)11(4)13(12(5)10(8)3)6-17-15-18-7-14(21-15)22(16,19)20/h7H,6H2,1-5H3,(H,17,18)(H2,16,19,20). The van der Waals surface area contributed by atoms with E-state index in [1.54, 1.807) is 0 Å². The molecule has 7 heteroatoms. The first-order chi connectivity index (χ1) is 10.1. The smallest absolute Gasteiger partial charge is 0.249 e. The summed E-state index contributed by atoms with van der Waals surface area (Å²) in [5.41, 5.74) is 7.67. The highest BCUT2D eigenvalue weighted by Crippen LogP contribution is 2.28. The van der Waals surface area contributed by atoms with Gasteiger partial charge in [-0.1, -0.05) is 11.3 Å². The minimum absolute atomic E-state index is 0.0692. The summed E-state index contributed by atoms with van der Waals surface area (Å²) in [7, 11) is -3.68. The minimum Gasteiger partial charge on any atom is -0.357 e. The van der Waals surface area contributed by atoms with Gasteiger partial charge in [0.25, 0.3) is 0 Å². The quantitative estimate of drug-likeness (QED) is 0.897. The average Bonchev–Trinajstić information content (AvgIpc) is 2.92. The minimum atomic E-state index is -3.68. The largest absolute Gasteiger partial charge is 0.357 e. The number of nitrogens with zero attached hydrogens (tertiary/aromatic N) is 1. The number of benzene rings is 1. The summed E-state index contributed by atoms with van der Waals surface area (Å²) in [6, 6.07) is 0. The molecular formula is C15H21N3O2S2. The zero-order valence-electron chi connectivity index (χ0n) is 13.4. The third-order valence-corrected chi connectivity index (χ3v) is 6.70. The number of aromatic nitrogens is 1. The lowest BCUT2D eigenvalue weighted by Crippen LogP contribution is -2.10. The summed E-state index contributed by atoms with van der Waals surface area (Å²) in [5, 5.41) is 8.85. The Morgan fingerprint density at radius 1 is 1.05 bits per heavy atom. The van der Waals surface area contributed by atoms with Crippen LogP contribution in [0.4, 0.5) is 5.13 Å². The highest BCUT2D eigenvalue weighted by molar-refractivity contribution is 7.91. The molecule has 1 aromatic carbocycles. The van der Waals surface area contributed by atoms with Gasteiger partial charge in [-0.05, 0) is 68.0 Å². The molecule has 0 fully saturated rings. The third kappa shape index (κ3) is 3.16. The van der Waals surface area contributed by atoms with Crippen LogP contribution in [0, 0.1) is 34.6 Å². The number of rotatable bonds is 4. The molecule has 2 aromatic rings. The fraction of sp³-hybridized carbons (Fsp3) is 0.400. The summed E-state index contributed by atoms with van der Waals surface area (Å²) < 4.78 is 22.6. The Labute approximate surface area is 135 Å². The third-order valence-electron chi connectivity index (χ3n) is 4.34. The molecule has 120 valence electrons. The van der Waals surface area contributed by atoms with Crippen molar-refractivity contribution in [1.82, 2.24) is 4.98 Å². The Bertz CT molecular complexity index is 795. The van der Waals surface area contributed by atoms with E-state index in [0.717, 1.165) is 11.3 Å². The predicted octanol–water partition coefficient (Wildman–Crippen LogP) is 2.94. The fourth-order valence-electron chi connectivity index (χ4n) is 2.48. The molecular weight excluding hydrogens is 318 g/mol. The van der Waals surface area contributed by atoms with Crippen LogP contribution in [-0.2, 0) is 16.6 Å². The van der Waals surface area contributed by atoms with Crippen molar-refractivity contribution in [3.8, 4) is 0 Å². The Morgan fingerprint density at radius 2 is 1.55 bits per heavy atom. The summed E-state index contributed by atoms with van der Waals surface area (Å²) in [4.78, 5) is 4.07. The van der Waals surface area contributed by atoms with Gasteiger partial charge in [-0.25, -0.2) is 18.5 Å². The van der Waals surface area contributed by atoms with Crippen LogP contribution in [0.5, 0.6) is 0 Å². The summed E-state index contributed by atoms with van der Waals surface area (Å²) >= 11 is 1.05. The van der Waals surface area contributed by atoms with Crippen molar-refractivity contribution in [1.29, 1.82) is 0 Å². The van der Waals surface area contributed by atoms with Crippen LogP contribution in [0.3, 0.4) is 0 Å². The van der Waals surface area contributed by atoms with Crippen LogP contribution in [0.2, 0.25) is 0 Å². The number of thiazole rings is 1. The maximum absolute atomic E-state index is 11.3. The SMILES string of the molecule is Cc1c(C)c(C)c(CNc2ncc(S(N)(=O)=O)s2)c(C)c1C. The Kier molecular flexibility index (Phi) is 4.60. The molecule has 5 nitrogen and oxygen atoms in total. The number of nitrogens with two attached hydrogens (primary N) is 1. The Morgan fingerprint density at radius 3 is 2.00 bits per heavy atom. The number of hydrogen-bond acceptors (Lipinski definition) is 5. The van der Waals surface area contributed by atoms with E-state index in [2.05, 4.69) is 44.9 Å². The second-order valence-corrected chi connectivity index (χ2v) is 8.31. The molecule has 1 heterocycles. The number of sulfonamides is 1. The first-order valence-corrected chi connectivity index (χ1v) is 9.27. The number of primary sulfonamides is 1. The molecule has 0 saturated heterocycles. The van der Waals surface area contributed by atoms with Crippen molar-refractivity contribution < 1.29 is 8.42 Å². The fourth-order valence-corrected chi connectivity index (χ4v) is 3.93. The summed E-state index contributed by atoms with van der Waals surface area (Å²) in [5.74, 6) is 0. The van der Waals surface area contributed by atoms with Crippen LogP contribution < -0.4 is 10.5 Å². The van der Waals surface area contributed by atoms with Crippen molar-refractivity contribution >= 4 is 26.5 Å². The predicted molar refractivity (Wildman–Crippen MR) is 90.9 cm³/mol. The van der Waals surface area contributed by atoms with Crippen LogP contribution in [0.1, 0.15) is 33.4 Å². The van der Waals surface area contributed by atoms with Crippen molar-refractivity contribution in [2.45, 2.75) is 45.4 Å². The maximum Gasteiger partial charge on any atom is 0.249 e. The lowest BCUT2D eigenvalue weighted by atomic mass is 9.89. The zero-order chi connectivity index (χ0) is 16.7. The maximum atomic E-state index is 11.3. The normalized spacial score (nSPS) is 11.7. The molecule has 0 aliphatic rings. The second-order valence-electron chi connectivity index (χ2n) is 5.49. The molecule has 0 aliphatic heterocycles. The second kappa shape index (κ2) is 5.98. The van der Waals surface area contributed by atoms with Crippen LogP contribution >= 0.6 is 11.3 Å². The molecule has 0 saturated carbocycles. The van der Waals surface area contributed by atoms with E-state index in [-0.39, 0.29) is 4.21 Å². The van der Waals surface area contributed by atoms with Gasteiger partial charge in [0.2, 0.25) is 10.0 Å². The van der Waals surface area contributed by atoms with Gasteiger partial charge in [0.05, 0.1) is 6.20 Å². The number of hydrogen-bond donors (Lipinski definition) is 2. The van der Waals surface area contributed by atoms with Crippen LogP contribution in [0.25, 0.3) is 0 Å². The van der Waals surface area contributed by atoms with E-state index < -0.39 is 10.0 Å². The molecule has 0 atom stereocenters. The number of nitrogens with one attached hydrogen (secondary N) is 1. The molecule has 22 heavy (non-hydrogen) atoms. The van der Waals surface area contributed by atoms with Crippen molar-refractivity contribution in [2.75, 3.05) is 5.32 Å². The number of anilines is 1. The lowest BCUT2D eigenvalue weighted by Gasteiger charge is -2.18. The van der Waals surface area contributed by atoms with Gasteiger partial charge < -0.3 is 5.32 Å². The van der Waals surface area contributed by atoms with Gasteiger partial charge in [-0.15, -0.1) is 0 Å². The first kappa shape index (κ1) is 16.9. The molecule has 0 bridgehead atoms.